The van der Waals surface area contributed by atoms with Crippen LogP contribution in [0.2, 0.25) is 5.15 Å². The third kappa shape index (κ3) is 3.56. The molecule has 1 aliphatic heterocycles. The largest absolute Gasteiger partial charge is 0.342 e. The highest BCUT2D eigenvalue weighted by Gasteiger charge is 2.19. The number of carbonyl (C=O) groups excluding carboxylic acids is 1. The van der Waals surface area contributed by atoms with E-state index in [0.29, 0.717) is 16.1 Å². The predicted molar refractivity (Wildman–Crippen MR) is 104 cm³/mol. The minimum Gasteiger partial charge on any atom is -0.342 e. The summed E-state index contributed by atoms with van der Waals surface area (Å²) >= 11 is 9.18. The first kappa shape index (κ1) is 17.7. The molecule has 0 N–H and O–H groups in total. The van der Waals surface area contributed by atoms with Crippen molar-refractivity contribution >= 4 is 50.8 Å². The lowest BCUT2D eigenvalue weighted by atomic mass is 10.1. The minimum absolute atomic E-state index is 0.116. The molecule has 0 aliphatic carbocycles. The third-order valence-electron chi connectivity index (χ3n) is 4.31. The molecule has 134 valence electrons. The maximum absolute atomic E-state index is 13.2. The predicted octanol–water partition coefficient (Wildman–Crippen LogP) is 4.87. The Morgan fingerprint density at radius 3 is 2.69 bits per heavy atom. The Morgan fingerprint density at radius 1 is 1.23 bits per heavy atom. The lowest BCUT2D eigenvalue weighted by Crippen LogP contribution is -2.29. The first-order chi connectivity index (χ1) is 12.6. The van der Waals surface area contributed by atoms with Gasteiger partial charge in [0.05, 0.1) is 11.1 Å². The van der Waals surface area contributed by atoms with E-state index in [2.05, 4.69) is 9.97 Å². The molecular weight excluding hydrogens is 393 g/mol. The van der Waals surface area contributed by atoms with E-state index < -0.39 is 0 Å². The maximum Gasteiger partial charge on any atom is 0.233 e. The molecule has 3 heterocycles. The number of fused-ring (bicyclic) bond motifs is 1. The van der Waals surface area contributed by atoms with Gasteiger partial charge in [-0.05, 0) is 30.5 Å². The number of carbonyl (C=O) groups is 1. The van der Waals surface area contributed by atoms with Crippen LogP contribution in [0.3, 0.4) is 0 Å². The molecule has 26 heavy (non-hydrogen) atoms. The summed E-state index contributed by atoms with van der Waals surface area (Å²) in [7, 11) is 0. The van der Waals surface area contributed by atoms with E-state index in [1.807, 2.05) is 10.3 Å². The molecule has 2 aromatic heterocycles. The monoisotopic (exact) mass is 407 g/mol. The van der Waals surface area contributed by atoms with Crippen LogP contribution in [-0.4, -0.2) is 39.6 Å². The summed E-state index contributed by atoms with van der Waals surface area (Å²) in [5, 5.41) is 3.57. The molecule has 4 nitrogen and oxygen atoms in total. The molecule has 1 saturated heterocycles. The van der Waals surface area contributed by atoms with Gasteiger partial charge in [-0.15, -0.1) is 11.3 Å². The van der Waals surface area contributed by atoms with Gasteiger partial charge >= 0.3 is 0 Å². The number of thioether (sulfide) groups is 1. The molecule has 1 fully saturated rings. The zero-order valence-electron chi connectivity index (χ0n) is 13.7. The van der Waals surface area contributed by atoms with Gasteiger partial charge in [0.15, 0.2) is 5.16 Å². The fourth-order valence-corrected chi connectivity index (χ4v) is 5.10. The van der Waals surface area contributed by atoms with Crippen LogP contribution >= 0.6 is 34.7 Å². The number of thiophene rings is 1. The van der Waals surface area contributed by atoms with Crippen molar-refractivity contribution in [1.29, 1.82) is 0 Å². The summed E-state index contributed by atoms with van der Waals surface area (Å²) in [5.41, 5.74) is 1.76. The quantitative estimate of drug-likeness (QED) is 0.352. The van der Waals surface area contributed by atoms with E-state index >= 15 is 0 Å². The zero-order valence-corrected chi connectivity index (χ0v) is 16.1. The summed E-state index contributed by atoms with van der Waals surface area (Å²) in [6.07, 6.45) is 2.15. The average molecular weight is 408 g/mol. The van der Waals surface area contributed by atoms with Crippen LogP contribution in [0.5, 0.6) is 0 Å². The normalized spacial score (nSPS) is 14.3. The van der Waals surface area contributed by atoms with E-state index in [1.54, 1.807) is 12.1 Å². The minimum atomic E-state index is -0.281. The zero-order chi connectivity index (χ0) is 18.1. The van der Waals surface area contributed by atoms with Gasteiger partial charge in [-0.3, -0.25) is 4.79 Å². The van der Waals surface area contributed by atoms with Crippen LogP contribution in [0.1, 0.15) is 12.8 Å². The first-order valence-electron chi connectivity index (χ1n) is 8.23. The molecule has 1 amide bonds. The molecule has 0 saturated carbocycles. The Hall–Kier alpha value is -1.70. The molecular formula is C18H15ClFN3OS2. The van der Waals surface area contributed by atoms with Crippen molar-refractivity contribution in [3.8, 4) is 11.1 Å². The number of benzene rings is 1. The molecule has 0 radical (unpaired) electrons. The number of likely N-dealkylation sites (tertiary alicyclic amines) is 1. The van der Waals surface area contributed by atoms with Crippen molar-refractivity contribution in [1.82, 2.24) is 14.9 Å². The number of hydrogen-bond acceptors (Lipinski definition) is 5. The van der Waals surface area contributed by atoms with E-state index in [4.69, 9.17) is 11.6 Å². The Morgan fingerprint density at radius 2 is 1.96 bits per heavy atom. The molecule has 8 heteroatoms. The highest BCUT2D eigenvalue weighted by Crippen LogP contribution is 2.37. The maximum atomic E-state index is 13.2. The number of aromatic nitrogens is 2. The van der Waals surface area contributed by atoms with Crippen molar-refractivity contribution in [2.75, 3.05) is 18.8 Å². The van der Waals surface area contributed by atoms with Gasteiger partial charge in [-0.2, -0.15) is 0 Å². The Labute approximate surface area is 163 Å². The lowest BCUT2D eigenvalue weighted by Gasteiger charge is -2.14. The van der Waals surface area contributed by atoms with Gasteiger partial charge in [-0.25, -0.2) is 14.4 Å². The topological polar surface area (TPSA) is 46.1 Å². The highest BCUT2D eigenvalue weighted by atomic mass is 35.5. The van der Waals surface area contributed by atoms with Crippen molar-refractivity contribution in [3.63, 3.8) is 0 Å². The number of halogens is 2. The van der Waals surface area contributed by atoms with Crippen LogP contribution in [0.4, 0.5) is 4.39 Å². The number of nitrogens with zero attached hydrogens (tertiary/aromatic N) is 3. The molecule has 1 aromatic carbocycles. The molecule has 0 bridgehead atoms. The van der Waals surface area contributed by atoms with Gasteiger partial charge in [0.2, 0.25) is 5.91 Å². The SMILES string of the molecule is O=C(CSc1nc(Cl)c2c(-c3ccc(F)cc3)csc2n1)N1CCCC1. The average Bonchev–Trinajstić information content (AvgIpc) is 3.30. The Balaban J connectivity index is 1.57. The molecule has 1 aliphatic rings. The van der Waals surface area contributed by atoms with E-state index in [-0.39, 0.29) is 11.7 Å². The van der Waals surface area contributed by atoms with Crippen molar-refractivity contribution in [2.45, 2.75) is 18.0 Å². The van der Waals surface area contributed by atoms with Gasteiger partial charge in [0.25, 0.3) is 0 Å². The summed E-state index contributed by atoms with van der Waals surface area (Å²) in [6.45, 7) is 1.68. The van der Waals surface area contributed by atoms with Crippen LogP contribution < -0.4 is 0 Å². The first-order valence-corrected chi connectivity index (χ1v) is 10.5. The standard InChI is InChI=1S/C18H15ClFN3OS2/c19-16-15-13(11-3-5-12(20)6-4-11)9-25-17(15)22-18(21-16)26-10-14(24)23-7-1-2-8-23/h3-6,9H,1-2,7-8,10H2. The smallest absolute Gasteiger partial charge is 0.233 e. The number of amides is 1. The van der Waals surface area contributed by atoms with Gasteiger partial charge in [-0.1, -0.05) is 35.5 Å². The van der Waals surface area contributed by atoms with E-state index in [9.17, 15) is 9.18 Å². The fourth-order valence-electron chi connectivity index (χ4n) is 2.97. The summed E-state index contributed by atoms with van der Waals surface area (Å²) in [5.74, 6) is 0.153. The van der Waals surface area contributed by atoms with Gasteiger partial charge < -0.3 is 4.90 Å². The van der Waals surface area contributed by atoms with Crippen LogP contribution in [-0.2, 0) is 4.79 Å². The summed E-state index contributed by atoms with van der Waals surface area (Å²) in [4.78, 5) is 23.7. The second-order valence-corrected chi connectivity index (χ2v) is 8.17. The summed E-state index contributed by atoms with van der Waals surface area (Å²) in [6, 6.07) is 6.26. The van der Waals surface area contributed by atoms with Gasteiger partial charge in [0.1, 0.15) is 15.8 Å². The summed E-state index contributed by atoms with van der Waals surface area (Å²) < 4.78 is 13.2. The van der Waals surface area contributed by atoms with Crippen molar-refractivity contribution in [2.24, 2.45) is 0 Å². The van der Waals surface area contributed by atoms with Crippen molar-refractivity contribution < 1.29 is 9.18 Å². The number of rotatable bonds is 4. The van der Waals surface area contributed by atoms with Gasteiger partial charge in [0, 0.05) is 24.0 Å². The molecule has 0 spiro atoms. The lowest BCUT2D eigenvalue weighted by molar-refractivity contribution is -0.127. The van der Waals surface area contributed by atoms with E-state index in [1.165, 1.54) is 35.2 Å². The number of hydrogen-bond donors (Lipinski definition) is 0. The van der Waals surface area contributed by atoms with E-state index in [0.717, 1.165) is 47.3 Å². The second-order valence-electron chi connectivity index (χ2n) is 6.01. The highest BCUT2D eigenvalue weighted by molar-refractivity contribution is 7.99. The fraction of sp³-hybridized carbons (Fsp3) is 0.278. The van der Waals surface area contributed by atoms with Crippen LogP contribution in [0.15, 0.2) is 34.8 Å². The Bertz CT molecular complexity index is 955. The molecule has 0 unspecified atom stereocenters. The molecule has 0 atom stereocenters. The second kappa shape index (κ2) is 7.50. The molecule has 3 aromatic rings. The molecule has 4 rings (SSSR count). The third-order valence-corrected chi connectivity index (χ3v) is 6.29. The van der Waals surface area contributed by atoms with Crippen LogP contribution in [0, 0.1) is 5.82 Å². The van der Waals surface area contributed by atoms with Crippen molar-refractivity contribution in [3.05, 3.63) is 40.6 Å². The van der Waals surface area contributed by atoms with Crippen LogP contribution in [0.25, 0.3) is 21.3 Å². The Kier molecular flexibility index (Phi) is 5.11.